The lowest BCUT2D eigenvalue weighted by atomic mass is 10.2. The summed E-state index contributed by atoms with van der Waals surface area (Å²) in [6, 6.07) is 3.27. The van der Waals surface area contributed by atoms with Crippen LogP contribution in [0.2, 0.25) is 5.02 Å². The van der Waals surface area contributed by atoms with Gasteiger partial charge in [0.15, 0.2) is 0 Å². The number of hydrogen-bond donors (Lipinski definition) is 1. The Morgan fingerprint density at radius 3 is 2.35 bits per heavy atom. The molecule has 1 heterocycles. The molecule has 1 aromatic heterocycles. The highest BCUT2D eigenvalue weighted by Gasteiger charge is 2.11. The van der Waals surface area contributed by atoms with Crippen LogP contribution in [0.1, 0.15) is 11.3 Å². The maximum atomic E-state index is 13.0. The lowest BCUT2D eigenvalue weighted by molar-refractivity contribution is 0.575. The van der Waals surface area contributed by atoms with E-state index in [0.29, 0.717) is 16.3 Å². The van der Waals surface area contributed by atoms with E-state index < -0.39 is 11.6 Å². The van der Waals surface area contributed by atoms with Crippen LogP contribution in [0.4, 0.5) is 14.6 Å². The largest absolute Gasteiger partial charge is 0.383 e. The van der Waals surface area contributed by atoms with E-state index in [9.17, 15) is 8.78 Å². The molecule has 3 nitrogen and oxygen atoms in total. The molecular formula is C11H10ClF2N3. The number of nitrogen functional groups attached to an aromatic ring is 1. The van der Waals surface area contributed by atoms with Crippen molar-refractivity contribution in [1.29, 1.82) is 0 Å². The topological polar surface area (TPSA) is 43.8 Å². The standard InChI is InChI=1S/C11H10ClF2N3/c1-6-10(12)11(15)17(16-6)5-7-2-8(13)4-9(14)3-7/h2-4H,5,15H2,1H3. The van der Waals surface area contributed by atoms with Crippen molar-refractivity contribution in [1.82, 2.24) is 9.78 Å². The summed E-state index contributed by atoms with van der Waals surface area (Å²) in [4.78, 5) is 0. The van der Waals surface area contributed by atoms with Crippen molar-refractivity contribution >= 4 is 17.4 Å². The van der Waals surface area contributed by atoms with Crippen LogP contribution in [0.25, 0.3) is 0 Å². The monoisotopic (exact) mass is 257 g/mol. The number of nitrogens with zero attached hydrogens (tertiary/aromatic N) is 2. The van der Waals surface area contributed by atoms with Gasteiger partial charge in [-0.05, 0) is 24.6 Å². The Kier molecular flexibility index (Phi) is 3.02. The molecule has 0 aliphatic rings. The minimum absolute atomic E-state index is 0.175. The summed E-state index contributed by atoms with van der Waals surface area (Å²) in [5.74, 6) is -0.976. The van der Waals surface area contributed by atoms with Crippen LogP contribution in [0, 0.1) is 18.6 Å². The van der Waals surface area contributed by atoms with Crippen molar-refractivity contribution in [2.24, 2.45) is 0 Å². The third-order valence-electron chi connectivity index (χ3n) is 2.35. The quantitative estimate of drug-likeness (QED) is 0.899. The molecule has 17 heavy (non-hydrogen) atoms. The molecule has 0 radical (unpaired) electrons. The number of halogens is 3. The molecule has 0 saturated carbocycles. The molecule has 90 valence electrons. The zero-order valence-corrected chi connectivity index (χ0v) is 9.80. The molecule has 0 atom stereocenters. The molecule has 0 bridgehead atoms. The van der Waals surface area contributed by atoms with E-state index in [1.807, 2.05) is 0 Å². The first kappa shape index (κ1) is 11.9. The molecule has 0 fully saturated rings. The molecule has 0 aliphatic carbocycles. The Balaban J connectivity index is 2.34. The summed E-state index contributed by atoms with van der Waals surface area (Å²) in [5, 5.41) is 4.44. The van der Waals surface area contributed by atoms with Gasteiger partial charge in [0.1, 0.15) is 22.5 Å². The van der Waals surface area contributed by atoms with Gasteiger partial charge in [-0.3, -0.25) is 0 Å². The first-order valence-corrected chi connectivity index (χ1v) is 5.28. The third kappa shape index (κ3) is 2.39. The van der Waals surface area contributed by atoms with Crippen LogP contribution < -0.4 is 5.73 Å². The summed E-state index contributed by atoms with van der Waals surface area (Å²) in [7, 11) is 0. The van der Waals surface area contributed by atoms with E-state index in [0.717, 1.165) is 6.07 Å². The lowest BCUT2D eigenvalue weighted by Gasteiger charge is -2.04. The number of rotatable bonds is 2. The van der Waals surface area contributed by atoms with Crippen LogP contribution in [-0.2, 0) is 6.54 Å². The van der Waals surface area contributed by atoms with Crippen molar-refractivity contribution in [2.75, 3.05) is 5.73 Å². The van der Waals surface area contributed by atoms with Gasteiger partial charge in [-0.15, -0.1) is 0 Å². The number of hydrogen-bond acceptors (Lipinski definition) is 2. The van der Waals surface area contributed by atoms with Crippen LogP contribution in [0.3, 0.4) is 0 Å². The first-order chi connectivity index (χ1) is 7.97. The van der Waals surface area contributed by atoms with Crippen LogP contribution >= 0.6 is 11.6 Å². The second kappa shape index (κ2) is 4.33. The maximum Gasteiger partial charge on any atom is 0.141 e. The van der Waals surface area contributed by atoms with Crippen molar-refractivity contribution in [3.8, 4) is 0 Å². The molecule has 0 aliphatic heterocycles. The highest BCUT2D eigenvalue weighted by molar-refractivity contribution is 6.33. The van der Waals surface area contributed by atoms with Gasteiger partial charge < -0.3 is 5.73 Å². The van der Waals surface area contributed by atoms with Crippen LogP contribution in [-0.4, -0.2) is 9.78 Å². The van der Waals surface area contributed by atoms with E-state index in [4.69, 9.17) is 17.3 Å². The van der Waals surface area contributed by atoms with E-state index >= 15 is 0 Å². The zero-order chi connectivity index (χ0) is 12.6. The minimum atomic E-state index is -0.631. The number of nitrogens with two attached hydrogens (primary N) is 1. The molecule has 2 N–H and O–H groups in total. The molecule has 2 rings (SSSR count). The molecule has 6 heteroatoms. The maximum absolute atomic E-state index is 13.0. The lowest BCUT2D eigenvalue weighted by Crippen LogP contribution is -2.06. The van der Waals surface area contributed by atoms with Gasteiger partial charge in [-0.2, -0.15) is 5.10 Å². The van der Waals surface area contributed by atoms with Gasteiger partial charge in [0.2, 0.25) is 0 Å². The second-order valence-electron chi connectivity index (χ2n) is 3.72. The van der Waals surface area contributed by atoms with Gasteiger partial charge >= 0.3 is 0 Å². The van der Waals surface area contributed by atoms with Gasteiger partial charge in [0, 0.05) is 6.07 Å². The summed E-state index contributed by atoms with van der Waals surface area (Å²) in [6.07, 6.45) is 0. The molecule has 0 amide bonds. The van der Waals surface area contributed by atoms with E-state index in [1.54, 1.807) is 6.92 Å². The SMILES string of the molecule is Cc1nn(Cc2cc(F)cc(F)c2)c(N)c1Cl. The predicted molar refractivity (Wildman–Crippen MR) is 61.8 cm³/mol. The van der Waals surface area contributed by atoms with Crippen molar-refractivity contribution in [3.05, 3.63) is 46.1 Å². The van der Waals surface area contributed by atoms with Gasteiger partial charge in [-0.25, -0.2) is 13.5 Å². The van der Waals surface area contributed by atoms with Crippen molar-refractivity contribution in [2.45, 2.75) is 13.5 Å². The third-order valence-corrected chi connectivity index (χ3v) is 2.81. The predicted octanol–water partition coefficient (Wildman–Crippen LogP) is 2.75. The molecule has 1 aromatic carbocycles. The van der Waals surface area contributed by atoms with Crippen molar-refractivity contribution in [3.63, 3.8) is 0 Å². The normalized spacial score (nSPS) is 10.8. The van der Waals surface area contributed by atoms with Crippen LogP contribution in [0.15, 0.2) is 18.2 Å². The Bertz CT molecular complexity index is 546. The fourth-order valence-corrected chi connectivity index (χ4v) is 1.71. The van der Waals surface area contributed by atoms with E-state index in [-0.39, 0.29) is 12.4 Å². The Labute approximate surface area is 102 Å². The summed E-state index contributed by atoms with van der Waals surface area (Å²) in [5.41, 5.74) is 6.73. The number of aryl methyl sites for hydroxylation is 1. The summed E-state index contributed by atoms with van der Waals surface area (Å²) < 4.78 is 27.4. The molecule has 2 aromatic rings. The zero-order valence-electron chi connectivity index (χ0n) is 9.04. The fraction of sp³-hybridized carbons (Fsp3) is 0.182. The first-order valence-electron chi connectivity index (χ1n) is 4.90. The highest BCUT2D eigenvalue weighted by Crippen LogP contribution is 2.23. The average molecular weight is 258 g/mol. The van der Waals surface area contributed by atoms with Crippen molar-refractivity contribution < 1.29 is 8.78 Å². The van der Waals surface area contributed by atoms with E-state index in [2.05, 4.69) is 5.10 Å². The van der Waals surface area contributed by atoms with Gasteiger partial charge in [0.25, 0.3) is 0 Å². The second-order valence-corrected chi connectivity index (χ2v) is 4.10. The average Bonchev–Trinajstić information content (AvgIpc) is 2.45. The Hall–Kier alpha value is -1.62. The summed E-state index contributed by atoms with van der Waals surface area (Å²) in [6.45, 7) is 1.88. The Morgan fingerprint density at radius 1 is 1.29 bits per heavy atom. The van der Waals surface area contributed by atoms with Crippen LogP contribution in [0.5, 0.6) is 0 Å². The van der Waals surface area contributed by atoms with E-state index in [1.165, 1.54) is 16.8 Å². The number of benzene rings is 1. The smallest absolute Gasteiger partial charge is 0.141 e. The molecule has 0 saturated heterocycles. The Morgan fingerprint density at radius 2 is 1.88 bits per heavy atom. The number of anilines is 1. The molecule has 0 unspecified atom stereocenters. The van der Waals surface area contributed by atoms with Gasteiger partial charge in [0.05, 0.1) is 12.2 Å². The minimum Gasteiger partial charge on any atom is -0.383 e. The molecular weight excluding hydrogens is 248 g/mol. The number of aromatic nitrogens is 2. The summed E-state index contributed by atoms with van der Waals surface area (Å²) >= 11 is 5.87. The highest BCUT2D eigenvalue weighted by atomic mass is 35.5. The van der Waals surface area contributed by atoms with Gasteiger partial charge in [-0.1, -0.05) is 11.6 Å². The fourth-order valence-electron chi connectivity index (χ4n) is 1.57. The molecule has 0 spiro atoms.